The molecule has 0 radical (unpaired) electrons. The Morgan fingerprint density at radius 3 is 2.72 bits per heavy atom. The van der Waals surface area contributed by atoms with Gasteiger partial charge < -0.3 is 14.4 Å². The van der Waals surface area contributed by atoms with Gasteiger partial charge in [0, 0.05) is 11.4 Å². The van der Waals surface area contributed by atoms with E-state index in [-0.39, 0.29) is 18.0 Å². The summed E-state index contributed by atoms with van der Waals surface area (Å²) in [6, 6.07) is 18.9. The Balaban J connectivity index is 1.30. The number of nitrogens with one attached hydrogen (secondary N) is 1. The summed E-state index contributed by atoms with van der Waals surface area (Å²) < 4.78 is 11.4. The molecule has 3 heterocycles. The van der Waals surface area contributed by atoms with Crippen LogP contribution in [0.2, 0.25) is 0 Å². The molecule has 1 N–H and O–H groups in total. The molecule has 32 heavy (non-hydrogen) atoms. The van der Waals surface area contributed by atoms with Crippen LogP contribution in [0.15, 0.2) is 60.0 Å². The molecule has 1 saturated heterocycles. The van der Waals surface area contributed by atoms with Gasteiger partial charge in [-0.25, -0.2) is 0 Å². The molecule has 2 aromatic carbocycles. The summed E-state index contributed by atoms with van der Waals surface area (Å²) in [7, 11) is 0. The van der Waals surface area contributed by atoms with Crippen LogP contribution in [0, 0.1) is 6.92 Å². The van der Waals surface area contributed by atoms with Crippen LogP contribution in [0.25, 0.3) is 0 Å². The number of rotatable bonds is 6. The molecule has 2 atom stereocenters. The van der Waals surface area contributed by atoms with Gasteiger partial charge >= 0.3 is 0 Å². The molecule has 1 fully saturated rings. The lowest BCUT2D eigenvalue weighted by Crippen LogP contribution is -2.39. The first-order valence-electron chi connectivity index (χ1n) is 11.2. The van der Waals surface area contributed by atoms with E-state index < -0.39 is 0 Å². The summed E-state index contributed by atoms with van der Waals surface area (Å²) >= 11 is 1.71. The van der Waals surface area contributed by atoms with Crippen LogP contribution in [-0.4, -0.2) is 37.1 Å². The van der Waals surface area contributed by atoms with Gasteiger partial charge in [-0.3, -0.25) is 10.1 Å². The summed E-state index contributed by atoms with van der Waals surface area (Å²) in [6.07, 6.45) is 1.98. The zero-order valence-electron chi connectivity index (χ0n) is 18.3. The number of benzene rings is 2. The zero-order chi connectivity index (χ0) is 21.9. The molecule has 1 amide bonds. The van der Waals surface area contributed by atoms with Crippen LogP contribution in [0.3, 0.4) is 0 Å². The number of hydrogen-bond donors (Lipinski definition) is 1. The maximum atomic E-state index is 13.3. The average molecular weight is 449 g/mol. The van der Waals surface area contributed by atoms with E-state index in [0.717, 1.165) is 36.4 Å². The highest BCUT2D eigenvalue weighted by molar-refractivity contribution is 7.10. The fourth-order valence-electron chi connectivity index (χ4n) is 4.57. The predicted molar refractivity (Wildman–Crippen MR) is 126 cm³/mol. The minimum atomic E-state index is 0.00916. The van der Waals surface area contributed by atoms with Crippen molar-refractivity contribution in [2.75, 3.05) is 26.3 Å². The van der Waals surface area contributed by atoms with Crippen molar-refractivity contribution in [3.8, 4) is 11.5 Å². The third kappa shape index (κ3) is 4.38. The van der Waals surface area contributed by atoms with E-state index in [1.54, 1.807) is 11.3 Å². The first kappa shape index (κ1) is 21.0. The molecular formula is C26H28N2O3S. The van der Waals surface area contributed by atoms with Crippen molar-refractivity contribution in [1.29, 1.82) is 0 Å². The normalized spacial score (nSPS) is 18.5. The highest BCUT2D eigenvalue weighted by atomic mass is 32.1. The van der Waals surface area contributed by atoms with Gasteiger partial charge in [0.15, 0.2) is 11.5 Å². The highest BCUT2D eigenvalue weighted by Crippen LogP contribution is 2.38. The lowest BCUT2D eigenvalue weighted by Gasteiger charge is -2.28. The maximum absolute atomic E-state index is 13.3. The van der Waals surface area contributed by atoms with Crippen molar-refractivity contribution in [2.24, 2.45) is 0 Å². The number of carbonyl (C=O) groups is 1. The quantitative estimate of drug-likeness (QED) is 0.585. The Hall–Kier alpha value is -2.83. The van der Waals surface area contributed by atoms with Gasteiger partial charge in [-0.05, 0) is 54.5 Å². The lowest BCUT2D eigenvalue weighted by molar-refractivity contribution is -0.131. The number of carbonyl (C=O) groups excluding carboxylic acids is 1. The molecule has 6 heteroatoms. The van der Waals surface area contributed by atoms with Crippen molar-refractivity contribution in [1.82, 2.24) is 10.2 Å². The van der Waals surface area contributed by atoms with Gasteiger partial charge in [-0.2, -0.15) is 0 Å². The summed E-state index contributed by atoms with van der Waals surface area (Å²) in [5.41, 5.74) is 3.53. The second-order valence-electron chi connectivity index (χ2n) is 8.39. The topological polar surface area (TPSA) is 50.8 Å². The molecule has 2 aliphatic heterocycles. The molecule has 0 aliphatic carbocycles. The molecule has 2 aliphatic rings. The summed E-state index contributed by atoms with van der Waals surface area (Å²) in [6.45, 7) is 4.33. The predicted octanol–water partition coefficient (Wildman–Crippen LogP) is 4.87. The Labute approximate surface area is 193 Å². The molecule has 0 bridgehead atoms. The van der Waals surface area contributed by atoms with Crippen LogP contribution in [0.4, 0.5) is 0 Å². The van der Waals surface area contributed by atoms with E-state index in [1.165, 1.54) is 16.0 Å². The van der Waals surface area contributed by atoms with Crippen LogP contribution in [0.5, 0.6) is 11.5 Å². The third-order valence-corrected chi connectivity index (χ3v) is 7.16. The lowest BCUT2D eigenvalue weighted by atomic mass is 10.0. The molecule has 0 spiro atoms. The van der Waals surface area contributed by atoms with Crippen molar-refractivity contribution in [3.05, 3.63) is 81.5 Å². The van der Waals surface area contributed by atoms with Gasteiger partial charge in [-0.15, -0.1) is 11.3 Å². The monoisotopic (exact) mass is 448 g/mol. The Kier molecular flexibility index (Phi) is 6.14. The number of nitrogens with zero attached hydrogens (tertiary/aromatic N) is 1. The van der Waals surface area contributed by atoms with Crippen LogP contribution < -0.4 is 14.8 Å². The van der Waals surface area contributed by atoms with Crippen molar-refractivity contribution in [3.63, 3.8) is 0 Å². The highest BCUT2D eigenvalue weighted by Gasteiger charge is 2.31. The number of fused-ring (bicyclic) bond motifs is 1. The largest absolute Gasteiger partial charge is 0.486 e. The average Bonchev–Trinajstić information content (AvgIpc) is 3.52. The molecule has 0 saturated carbocycles. The Morgan fingerprint density at radius 1 is 1.12 bits per heavy atom. The molecule has 5 nitrogen and oxygen atoms in total. The second-order valence-corrected chi connectivity index (χ2v) is 9.37. The number of amides is 1. The number of likely N-dealkylation sites (tertiary alicyclic amines) is 1. The number of hydrogen-bond acceptors (Lipinski definition) is 5. The summed E-state index contributed by atoms with van der Waals surface area (Å²) in [5.74, 6) is 1.70. The van der Waals surface area contributed by atoms with Crippen LogP contribution in [0.1, 0.15) is 46.5 Å². The van der Waals surface area contributed by atoms with Gasteiger partial charge in [0.1, 0.15) is 13.2 Å². The molecular weight excluding hydrogens is 420 g/mol. The third-order valence-electron chi connectivity index (χ3n) is 6.22. The van der Waals surface area contributed by atoms with E-state index >= 15 is 0 Å². The fourth-order valence-corrected chi connectivity index (χ4v) is 5.39. The van der Waals surface area contributed by atoms with Gasteiger partial charge in [0.2, 0.25) is 5.91 Å². The first-order valence-corrected chi connectivity index (χ1v) is 12.1. The molecule has 5 rings (SSSR count). The van der Waals surface area contributed by atoms with Gasteiger partial charge in [0.05, 0.1) is 18.6 Å². The number of ether oxygens (including phenoxy) is 2. The van der Waals surface area contributed by atoms with Crippen molar-refractivity contribution in [2.45, 2.75) is 31.8 Å². The van der Waals surface area contributed by atoms with Gasteiger partial charge in [0.25, 0.3) is 0 Å². The van der Waals surface area contributed by atoms with E-state index in [2.05, 4.69) is 60.1 Å². The summed E-state index contributed by atoms with van der Waals surface area (Å²) in [4.78, 5) is 16.5. The zero-order valence-corrected chi connectivity index (χ0v) is 19.1. The van der Waals surface area contributed by atoms with Crippen molar-refractivity contribution >= 4 is 17.2 Å². The minimum absolute atomic E-state index is 0.00916. The molecule has 1 aromatic heterocycles. The Bertz CT molecular complexity index is 1070. The van der Waals surface area contributed by atoms with E-state index in [4.69, 9.17) is 9.47 Å². The Morgan fingerprint density at radius 2 is 1.94 bits per heavy atom. The maximum Gasteiger partial charge on any atom is 0.237 e. The number of thiophene rings is 1. The van der Waals surface area contributed by atoms with Crippen LogP contribution >= 0.6 is 11.3 Å². The van der Waals surface area contributed by atoms with E-state index in [1.807, 2.05) is 17.0 Å². The van der Waals surface area contributed by atoms with Crippen LogP contribution in [-0.2, 0) is 4.79 Å². The van der Waals surface area contributed by atoms with E-state index in [0.29, 0.717) is 19.8 Å². The molecule has 166 valence electrons. The second kappa shape index (κ2) is 9.35. The minimum Gasteiger partial charge on any atom is -0.486 e. The molecule has 0 unspecified atom stereocenters. The van der Waals surface area contributed by atoms with E-state index in [9.17, 15) is 4.79 Å². The standard InChI is InChI=1S/C26H28N2O3S/c1-18-6-8-19(9-7-18)26(24-5-3-15-32-24)27-17-25(29)28-12-2-4-21(28)20-10-11-22-23(16-20)31-14-13-30-22/h3,5-11,15-16,21,26-27H,2,4,12-14,17H2,1H3/t21-,26-/m1/s1. The summed E-state index contributed by atoms with van der Waals surface area (Å²) in [5, 5.41) is 5.61. The van der Waals surface area contributed by atoms with Crippen molar-refractivity contribution < 1.29 is 14.3 Å². The number of aryl methyl sites for hydroxylation is 1. The SMILES string of the molecule is Cc1ccc([C@@H](NCC(=O)N2CCC[C@@H]2c2ccc3c(c2)OCCO3)c2cccs2)cc1. The smallest absolute Gasteiger partial charge is 0.237 e. The first-order chi connectivity index (χ1) is 15.7. The van der Waals surface area contributed by atoms with Gasteiger partial charge in [-0.1, -0.05) is 42.0 Å². The molecule has 3 aromatic rings. The fraction of sp³-hybridized carbons (Fsp3) is 0.346.